The van der Waals surface area contributed by atoms with E-state index in [0.29, 0.717) is 0 Å². The van der Waals surface area contributed by atoms with Crippen LogP contribution in [0.3, 0.4) is 0 Å². The summed E-state index contributed by atoms with van der Waals surface area (Å²) >= 11 is 0. The molecule has 2 aliphatic heterocycles. The van der Waals surface area contributed by atoms with Crippen LogP contribution in [0.1, 0.15) is 105 Å². The van der Waals surface area contributed by atoms with Crippen LogP contribution in [0, 0.1) is 0 Å². The molecule has 0 atom stereocenters. The minimum atomic E-state index is -0.0564. The van der Waals surface area contributed by atoms with E-state index in [0.717, 1.165) is 0 Å². The Bertz CT molecular complexity index is 3810. The maximum absolute atomic E-state index is 2.67. The molecule has 0 bridgehead atoms. The van der Waals surface area contributed by atoms with Crippen LogP contribution < -0.4 is 16.4 Å². The Labute approximate surface area is 401 Å². The normalized spacial score (nSPS) is 13.9. The van der Waals surface area contributed by atoms with Crippen LogP contribution >= 0.6 is 0 Å². The highest BCUT2D eigenvalue weighted by Crippen LogP contribution is 2.46. The van der Waals surface area contributed by atoms with E-state index >= 15 is 0 Å². The van der Waals surface area contributed by atoms with Gasteiger partial charge in [0.25, 0.3) is 6.71 Å². The number of hydrogen-bond donors (Lipinski definition) is 0. The van der Waals surface area contributed by atoms with Crippen LogP contribution in [-0.2, 0) is 21.7 Å². The lowest BCUT2D eigenvalue weighted by Crippen LogP contribution is -2.59. The first-order valence-corrected chi connectivity index (χ1v) is 24.8. The SMILES string of the molecule is CC(C)(C)c1ccc2c(c1)c1cc(C(C)(C)C)cc3c1n2-c1cc(-c2cccc4c5ccccc5n(-c5ccccc5)c24)cc2c1B3c1cc(C(C)(C)C)cc3c4cc(C(C)(C)C)ccc4n-2c13. The van der Waals surface area contributed by atoms with Crippen LogP contribution in [-0.4, -0.2) is 20.4 Å². The molecule has 11 aromatic rings. The van der Waals surface area contributed by atoms with Gasteiger partial charge in [0.15, 0.2) is 0 Å². The minimum Gasteiger partial charge on any atom is -0.310 e. The predicted molar refractivity (Wildman–Crippen MR) is 294 cm³/mol. The summed E-state index contributed by atoms with van der Waals surface area (Å²) in [5, 5.41) is 7.89. The van der Waals surface area contributed by atoms with Gasteiger partial charge in [0.05, 0.1) is 22.1 Å². The van der Waals surface area contributed by atoms with E-state index in [4.69, 9.17) is 0 Å². The fourth-order valence-corrected chi connectivity index (χ4v) is 12.1. The van der Waals surface area contributed by atoms with E-state index in [1.165, 1.54) is 132 Å². The minimum absolute atomic E-state index is 0.00327. The quantitative estimate of drug-likeness (QED) is 0.154. The van der Waals surface area contributed by atoms with Crippen molar-refractivity contribution in [1.29, 1.82) is 0 Å². The Kier molecular flexibility index (Phi) is 8.20. The Morgan fingerprint density at radius 2 is 0.794 bits per heavy atom. The standard InChI is InChI=1S/C64H60BN3/c1-61(2,3)38-25-27-53-46(31-38)48-33-40(63(7,8)9)35-50-59(48)67(53)55-29-37(43-22-18-23-45-44-21-16-17-24-52(44)66(58(43)45)42-19-14-13-15-20-42)30-56-57(55)65(50)51-36-41(64(10,11)12)34-49-47-32-39(62(4,5)6)26-28-54(47)68(56)60(49)51/h13-36H,1-12H3. The number of benzene rings is 8. The first-order valence-electron chi connectivity index (χ1n) is 24.8. The van der Waals surface area contributed by atoms with Gasteiger partial charge < -0.3 is 13.7 Å². The molecule has 0 amide bonds. The van der Waals surface area contributed by atoms with Crippen LogP contribution in [0.25, 0.3) is 93.6 Å². The molecule has 2 aliphatic rings. The van der Waals surface area contributed by atoms with Gasteiger partial charge in [-0.2, -0.15) is 0 Å². The van der Waals surface area contributed by atoms with Gasteiger partial charge in [0, 0.05) is 66.0 Å². The molecule has 4 heteroatoms. The van der Waals surface area contributed by atoms with Gasteiger partial charge in [-0.05, 0) is 133 Å². The summed E-state index contributed by atoms with van der Waals surface area (Å²) in [6.07, 6.45) is 0. The molecule has 0 saturated carbocycles. The third-order valence-corrected chi connectivity index (χ3v) is 15.8. The fourth-order valence-electron chi connectivity index (χ4n) is 12.1. The van der Waals surface area contributed by atoms with Gasteiger partial charge in [0.1, 0.15) is 0 Å². The number of rotatable bonds is 2. The molecule has 13 rings (SSSR count). The topological polar surface area (TPSA) is 14.8 Å². The van der Waals surface area contributed by atoms with E-state index in [1.54, 1.807) is 0 Å². The predicted octanol–water partition coefficient (Wildman–Crippen LogP) is 15.0. The monoisotopic (exact) mass is 881 g/mol. The Hall–Kier alpha value is -6.78. The first-order chi connectivity index (χ1) is 32.3. The van der Waals surface area contributed by atoms with Crippen molar-refractivity contribution in [3.8, 4) is 28.2 Å². The summed E-state index contributed by atoms with van der Waals surface area (Å²) in [4.78, 5) is 0. The fraction of sp³-hybridized carbons (Fsp3) is 0.250. The van der Waals surface area contributed by atoms with Crippen LogP contribution in [0.5, 0.6) is 0 Å². The molecule has 68 heavy (non-hydrogen) atoms. The first kappa shape index (κ1) is 41.4. The van der Waals surface area contributed by atoms with Gasteiger partial charge in [-0.1, -0.05) is 162 Å². The summed E-state index contributed by atoms with van der Waals surface area (Å²) in [6.45, 7) is 28.4. The van der Waals surface area contributed by atoms with E-state index < -0.39 is 0 Å². The van der Waals surface area contributed by atoms with Crippen molar-refractivity contribution in [2.45, 2.75) is 105 Å². The van der Waals surface area contributed by atoms with Crippen LogP contribution in [0.4, 0.5) is 0 Å². The lowest BCUT2D eigenvalue weighted by molar-refractivity contribution is 0.590. The summed E-state index contributed by atoms with van der Waals surface area (Å²) in [5.74, 6) is 0. The molecule has 0 unspecified atom stereocenters. The number of aromatic nitrogens is 3. The second-order valence-electron chi connectivity index (χ2n) is 24.3. The summed E-state index contributed by atoms with van der Waals surface area (Å²) in [5.41, 5.74) is 23.4. The number of hydrogen-bond acceptors (Lipinski definition) is 0. The molecule has 5 heterocycles. The molecule has 0 radical (unpaired) electrons. The highest BCUT2D eigenvalue weighted by atomic mass is 15.0. The lowest BCUT2D eigenvalue weighted by Gasteiger charge is -2.36. The molecule has 0 saturated heterocycles. The van der Waals surface area contributed by atoms with Crippen molar-refractivity contribution in [2.75, 3.05) is 0 Å². The van der Waals surface area contributed by atoms with Crippen molar-refractivity contribution < 1.29 is 0 Å². The Morgan fingerprint density at radius 1 is 0.338 bits per heavy atom. The number of para-hydroxylation sites is 3. The van der Waals surface area contributed by atoms with E-state index in [-0.39, 0.29) is 28.4 Å². The molecule has 8 aromatic carbocycles. The molecule has 3 nitrogen and oxygen atoms in total. The van der Waals surface area contributed by atoms with E-state index in [2.05, 4.69) is 242 Å². The highest BCUT2D eigenvalue weighted by Gasteiger charge is 2.43. The lowest BCUT2D eigenvalue weighted by atomic mass is 9.34. The van der Waals surface area contributed by atoms with Crippen molar-refractivity contribution >= 4 is 88.5 Å². The molecule has 0 spiro atoms. The van der Waals surface area contributed by atoms with Crippen molar-refractivity contribution in [2.24, 2.45) is 0 Å². The van der Waals surface area contributed by atoms with E-state index in [9.17, 15) is 0 Å². The second kappa shape index (κ2) is 13.5. The average molecular weight is 882 g/mol. The maximum Gasteiger partial charge on any atom is 0.252 e. The number of nitrogens with zero attached hydrogens (tertiary/aromatic N) is 3. The van der Waals surface area contributed by atoms with Gasteiger partial charge in [-0.15, -0.1) is 0 Å². The van der Waals surface area contributed by atoms with Crippen molar-refractivity contribution in [3.63, 3.8) is 0 Å². The zero-order chi connectivity index (χ0) is 47.1. The molecular weight excluding hydrogens is 822 g/mol. The van der Waals surface area contributed by atoms with Gasteiger partial charge in [0.2, 0.25) is 0 Å². The summed E-state index contributed by atoms with van der Waals surface area (Å²) in [6, 6.07) is 56.8. The van der Waals surface area contributed by atoms with Crippen LogP contribution in [0.15, 0.2) is 146 Å². The molecule has 3 aromatic heterocycles. The van der Waals surface area contributed by atoms with Crippen molar-refractivity contribution in [3.05, 3.63) is 168 Å². The second-order valence-corrected chi connectivity index (χ2v) is 24.3. The molecule has 0 N–H and O–H groups in total. The van der Waals surface area contributed by atoms with E-state index in [1.807, 2.05) is 0 Å². The highest BCUT2D eigenvalue weighted by molar-refractivity contribution is 7.00. The molecular formula is C64H60BN3. The third kappa shape index (κ3) is 5.67. The van der Waals surface area contributed by atoms with Crippen LogP contribution in [0.2, 0.25) is 0 Å². The van der Waals surface area contributed by atoms with Gasteiger partial charge in [-0.3, -0.25) is 0 Å². The number of fused-ring (bicyclic) bond motifs is 13. The molecule has 0 aliphatic carbocycles. The zero-order valence-electron chi connectivity index (χ0n) is 41.8. The van der Waals surface area contributed by atoms with Gasteiger partial charge >= 0.3 is 0 Å². The third-order valence-electron chi connectivity index (χ3n) is 15.8. The Morgan fingerprint density at radius 3 is 1.31 bits per heavy atom. The summed E-state index contributed by atoms with van der Waals surface area (Å²) < 4.78 is 7.84. The maximum atomic E-state index is 2.67. The van der Waals surface area contributed by atoms with Gasteiger partial charge in [-0.25, -0.2) is 0 Å². The average Bonchev–Trinajstić information content (AvgIpc) is 3.94. The Balaban J connectivity index is 1.26. The largest absolute Gasteiger partial charge is 0.310 e. The van der Waals surface area contributed by atoms with Crippen molar-refractivity contribution in [1.82, 2.24) is 13.7 Å². The molecule has 0 fully saturated rings. The zero-order valence-corrected chi connectivity index (χ0v) is 41.8. The summed E-state index contributed by atoms with van der Waals surface area (Å²) in [7, 11) is 0. The smallest absolute Gasteiger partial charge is 0.252 e. The molecule has 334 valence electrons.